The molecule has 0 bridgehead atoms. The maximum atomic E-state index is 11.1. The summed E-state index contributed by atoms with van der Waals surface area (Å²) in [5, 5.41) is 0. The lowest BCUT2D eigenvalue weighted by molar-refractivity contribution is -0.120. The van der Waals surface area contributed by atoms with E-state index in [1.165, 1.54) is 6.42 Å². The molecule has 2 unspecified atom stereocenters. The van der Waals surface area contributed by atoms with Crippen molar-refractivity contribution in [1.29, 1.82) is 0 Å². The van der Waals surface area contributed by atoms with Gasteiger partial charge in [0.15, 0.2) is 0 Å². The van der Waals surface area contributed by atoms with Gasteiger partial charge in [0.25, 0.3) is 0 Å². The Morgan fingerprint density at radius 1 is 1.43 bits per heavy atom. The van der Waals surface area contributed by atoms with Gasteiger partial charge in [0.1, 0.15) is 6.29 Å². The highest BCUT2D eigenvalue weighted by Gasteiger charge is 2.27. The molecule has 0 saturated heterocycles. The molecular weight excluding hydrogens is 176 g/mol. The van der Waals surface area contributed by atoms with Crippen molar-refractivity contribution in [2.24, 2.45) is 11.3 Å². The largest absolute Gasteiger partial charge is 0.384 e. The van der Waals surface area contributed by atoms with Gasteiger partial charge in [-0.2, -0.15) is 0 Å². The first-order valence-corrected chi connectivity index (χ1v) is 5.59. The number of ether oxygens (including phenoxy) is 1. The standard InChI is InChI=1S/C12H24O2/c1-5-11(3)7-8-12(6-2,9-13)10-14-4/h9,11H,5-8,10H2,1-4H3. The minimum atomic E-state index is -0.238. The molecule has 0 aliphatic rings. The van der Waals surface area contributed by atoms with E-state index in [1.807, 2.05) is 0 Å². The SMILES string of the molecule is CCC(C)CCC(C=O)(CC)COC. The zero-order chi connectivity index (χ0) is 11.0. The van der Waals surface area contributed by atoms with Gasteiger partial charge in [-0.1, -0.05) is 27.2 Å². The Bertz CT molecular complexity index is 156. The number of aldehydes is 1. The minimum absolute atomic E-state index is 0.238. The predicted octanol–water partition coefficient (Wildman–Crippen LogP) is 3.05. The van der Waals surface area contributed by atoms with E-state index in [1.54, 1.807) is 7.11 Å². The van der Waals surface area contributed by atoms with Crippen LogP contribution in [-0.4, -0.2) is 20.0 Å². The normalized spacial score (nSPS) is 17.4. The summed E-state index contributed by atoms with van der Waals surface area (Å²) in [5.74, 6) is 0.706. The molecule has 2 heteroatoms. The van der Waals surface area contributed by atoms with Crippen LogP contribution < -0.4 is 0 Å². The Balaban J connectivity index is 4.13. The van der Waals surface area contributed by atoms with E-state index < -0.39 is 0 Å². The van der Waals surface area contributed by atoms with Crippen LogP contribution in [0.25, 0.3) is 0 Å². The summed E-state index contributed by atoms with van der Waals surface area (Å²) in [6.45, 7) is 7.04. The molecule has 0 aliphatic carbocycles. The number of hydrogen-bond acceptors (Lipinski definition) is 2. The highest BCUT2D eigenvalue weighted by molar-refractivity contribution is 5.59. The second-order valence-electron chi connectivity index (χ2n) is 4.32. The first-order chi connectivity index (χ1) is 6.64. The van der Waals surface area contributed by atoms with Crippen LogP contribution in [0.3, 0.4) is 0 Å². The highest BCUT2D eigenvalue weighted by Crippen LogP contribution is 2.28. The van der Waals surface area contributed by atoms with Crippen LogP contribution in [0.2, 0.25) is 0 Å². The molecule has 0 amide bonds. The molecule has 0 aliphatic heterocycles. The topological polar surface area (TPSA) is 26.3 Å². The van der Waals surface area contributed by atoms with Crippen LogP contribution >= 0.6 is 0 Å². The van der Waals surface area contributed by atoms with E-state index in [-0.39, 0.29) is 5.41 Å². The molecule has 84 valence electrons. The van der Waals surface area contributed by atoms with E-state index in [0.29, 0.717) is 12.5 Å². The van der Waals surface area contributed by atoms with Gasteiger partial charge in [-0.25, -0.2) is 0 Å². The fraction of sp³-hybridized carbons (Fsp3) is 0.917. The third kappa shape index (κ3) is 4.23. The van der Waals surface area contributed by atoms with Crippen molar-refractivity contribution >= 4 is 6.29 Å². The molecule has 2 atom stereocenters. The van der Waals surface area contributed by atoms with Crippen molar-refractivity contribution in [2.75, 3.05) is 13.7 Å². The van der Waals surface area contributed by atoms with Gasteiger partial charge in [-0.3, -0.25) is 0 Å². The zero-order valence-electron chi connectivity index (χ0n) is 10.0. The third-order valence-electron chi connectivity index (χ3n) is 3.22. The first-order valence-electron chi connectivity index (χ1n) is 5.59. The van der Waals surface area contributed by atoms with Gasteiger partial charge >= 0.3 is 0 Å². The van der Waals surface area contributed by atoms with Crippen LogP contribution in [0.1, 0.15) is 46.5 Å². The summed E-state index contributed by atoms with van der Waals surface area (Å²) in [5.41, 5.74) is -0.238. The van der Waals surface area contributed by atoms with E-state index in [0.717, 1.165) is 25.5 Å². The number of carbonyl (C=O) groups excluding carboxylic acids is 1. The molecule has 2 nitrogen and oxygen atoms in total. The van der Waals surface area contributed by atoms with Gasteiger partial charge in [0.2, 0.25) is 0 Å². The van der Waals surface area contributed by atoms with Crippen LogP contribution in [0.4, 0.5) is 0 Å². The molecule has 0 aromatic rings. The van der Waals surface area contributed by atoms with Crippen LogP contribution in [-0.2, 0) is 9.53 Å². The molecule has 0 radical (unpaired) electrons. The van der Waals surface area contributed by atoms with Crippen molar-refractivity contribution < 1.29 is 9.53 Å². The molecule has 0 heterocycles. The Morgan fingerprint density at radius 2 is 2.07 bits per heavy atom. The van der Waals surface area contributed by atoms with Crippen molar-refractivity contribution in [3.63, 3.8) is 0 Å². The maximum absolute atomic E-state index is 11.1. The van der Waals surface area contributed by atoms with E-state index in [9.17, 15) is 4.79 Å². The Kier molecular flexibility index (Phi) is 6.81. The molecule has 0 N–H and O–H groups in total. The average molecular weight is 200 g/mol. The summed E-state index contributed by atoms with van der Waals surface area (Å²) < 4.78 is 5.12. The maximum Gasteiger partial charge on any atom is 0.128 e. The summed E-state index contributed by atoms with van der Waals surface area (Å²) in [4.78, 5) is 11.1. The smallest absolute Gasteiger partial charge is 0.128 e. The lowest BCUT2D eigenvalue weighted by Gasteiger charge is -2.26. The summed E-state index contributed by atoms with van der Waals surface area (Å²) in [6.07, 6.45) is 5.22. The Hall–Kier alpha value is -0.370. The van der Waals surface area contributed by atoms with Crippen LogP contribution in [0.15, 0.2) is 0 Å². The molecule has 0 aromatic heterocycles. The Morgan fingerprint density at radius 3 is 2.43 bits per heavy atom. The average Bonchev–Trinajstić information content (AvgIpc) is 2.24. The van der Waals surface area contributed by atoms with E-state index in [2.05, 4.69) is 20.8 Å². The van der Waals surface area contributed by atoms with Gasteiger partial charge in [0.05, 0.1) is 6.61 Å². The number of carbonyl (C=O) groups is 1. The molecule has 0 fully saturated rings. The molecular formula is C12H24O2. The minimum Gasteiger partial charge on any atom is -0.384 e. The lowest BCUT2D eigenvalue weighted by Crippen LogP contribution is -2.28. The van der Waals surface area contributed by atoms with Crippen molar-refractivity contribution in [1.82, 2.24) is 0 Å². The van der Waals surface area contributed by atoms with E-state index >= 15 is 0 Å². The second-order valence-corrected chi connectivity index (χ2v) is 4.32. The van der Waals surface area contributed by atoms with Gasteiger partial charge in [0, 0.05) is 12.5 Å². The van der Waals surface area contributed by atoms with Crippen molar-refractivity contribution in [2.45, 2.75) is 46.5 Å². The quantitative estimate of drug-likeness (QED) is 0.563. The third-order valence-corrected chi connectivity index (χ3v) is 3.22. The van der Waals surface area contributed by atoms with Gasteiger partial charge in [-0.15, -0.1) is 0 Å². The zero-order valence-corrected chi connectivity index (χ0v) is 10.0. The number of hydrogen-bond donors (Lipinski definition) is 0. The van der Waals surface area contributed by atoms with Crippen LogP contribution in [0, 0.1) is 11.3 Å². The summed E-state index contributed by atoms with van der Waals surface area (Å²) in [7, 11) is 1.66. The lowest BCUT2D eigenvalue weighted by atomic mass is 9.80. The monoisotopic (exact) mass is 200 g/mol. The fourth-order valence-corrected chi connectivity index (χ4v) is 1.55. The van der Waals surface area contributed by atoms with Gasteiger partial charge in [-0.05, 0) is 25.2 Å². The molecule has 14 heavy (non-hydrogen) atoms. The molecule has 0 rings (SSSR count). The Labute approximate surface area is 88.0 Å². The predicted molar refractivity (Wildman–Crippen MR) is 59.4 cm³/mol. The second kappa shape index (κ2) is 6.99. The number of methoxy groups -OCH3 is 1. The van der Waals surface area contributed by atoms with Crippen LogP contribution in [0.5, 0.6) is 0 Å². The molecule has 0 spiro atoms. The number of rotatable bonds is 8. The summed E-state index contributed by atoms with van der Waals surface area (Å²) in [6, 6.07) is 0. The van der Waals surface area contributed by atoms with Crippen molar-refractivity contribution in [3.8, 4) is 0 Å². The highest BCUT2D eigenvalue weighted by atomic mass is 16.5. The van der Waals surface area contributed by atoms with Crippen molar-refractivity contribution in [3.05, 3.63) is 0 Å². The first kappa shape index (κ1) is 13.6. The summed E-state index contributed by atoms with van der Waals surface area (Å²) >= 11 is 0. The molecule has 0 aromatic carbocycles. The van der Waals surface area contributed by atoms with Gasteiger partial charge < -0.3 is 9.53 Å². The molecule has 0 saturated carbocycles. The van der Waals surface area contributed by atoms with E-state index in [4.69, 9.17) is 4.74 Å². The fourth-order valence-electron chi connectivity index (χ4n) is 1.55.